The molecule has 0 heterocycles. The molecule has 23 heavy (non-hydrogen) atoms. The number of hydrogen-bond acceptors (Lipinski definition) is 2. The summed E-state index contributed by atoms with van der Waals surface area (Å²) in [6, 6.07) is 7.37. The van der Waals surface area contributed by atoms with Crippen LogP contribution in [-0.4, -0.2) is 29.3 Å². The van der Waals surface area contributed by atoms with Crippen LogP contribution in [0.1, 0.15) is 52.0 Å². The van der Waals surface area contributed by atoms with Gasteiger partial charge >= 0.3 is 0 Å². The van der Waals surface area contributed by atoms with Crippen LogP contribution < -0.4 is 5.32 Å². The molecule has 2 amide bonds. The van der Waals surface area contributed by atoms with Crippen molar-refractivity contribution in [2.24, 2.45) is 0 Å². The Kier molecular flexibility index (Phi) is 8.92. The molecule has 0 fully saturated rings. The highest BCUT2D eigenvalue weighted by Gasteiger charge is 2.25. The van der Waals surface area contributed by atoms with E-state index in [9.17, 15) is 9.59 Å². The second-order valence-electron chi connectivity index (χ2n) is 5.72. The topological polar surface area (TPSA) is 49.4 Å². The molecule has 1 atom stereocenters. The minimum atomic E-state index is -0.468. The summed E-state index contributed by atoms with van der Waals surface area (Å²) in [6.07, 6.45) is 3.22. The van der Waals surface area contributed by atoms with Crippen LogP contribution >= 0.6 is 15.9 Å². The van der Waals surface area contributed by atoms with Gasteiger partial charge in [-0.1, -0.05) is 48.3 Å². The van der Waals surface area contributed by atoms with E-state index in [1.165, 1.54) is 0 Å². The second kappa shape index (κ2) is 10.4. The number of carbonyl (C=O) groups is 2. The van der Waals surface area contributed by atoms with Crippen molar-refractivity contribution < 1.29 is 9.59 Å². The summed E-state index contributed by atoms with van der Waals surface area (Å²) in [5, 5.41) is 2.92. The van der Waals surface area contributed by atoms with Gasteiger partial charge < -0.3 is 10.2 Å². The lowest BCUT2D eigenvalue weighted by atomic mass is 10.1. The fourth-order valence-corrected chi connectivity index (χ4v) is 2.75. The molecule has 0 aromatic heterocycles. The van der Waals surface area contributed by atoms with Crippen molar-refractivity contribution in [2.45, 2.75) is 59.0 Å². The van der Waals surface area contributed by atoms with Crippen LogP contribution in [0.15, 0.2) is 28.7 Å². The molecule has 1 rings (SSSR count). The smallest absolute Gasteiger partial charge is 0.242 e. The number of unbranched alkanes of at least 4 members (excludes halogenated alkanes) is 1. The van der Waals surface area contributed by atoms with Gasteiger partial charge in [0.2, 0.25) is 11.8 Å². The zero-order chi connectivity index (χ0) is 17.2. The summed E-state index contributed by atoms with van der Waals surface area (Å²) in [5.41, 5.74) is 1.01. The van der Waals surface area contributed by atoms with Gasteiger partial charge in [0, 0.05) is 24.0 Å². The molecule has 1 unspecified atom stereocenters. The van der Waals surface area contributed by atoms with Gasteiger partial charge in [-0.15, -0.1) is 0 Å². The van der Waals surface area contributed by atoms with Crippen molar-refractivity contribution in [3.05, 3.63) is 34.3 Å². The number of carbonyl (C=O) groups excluding carboxylic acids is 2. The number of halogens is 1. The van der Waals surface area contributed by atoms with Crippen LogP contribution in [0.4, 0.5) is 0 Å². The van der Waals surface area contributed by atoms with Crippen LogP contribution in [0.5, 0.6) is 0 Å². The SMILES string of the molecule is CCCCNC(=O)C(C)N(Cc1cccc(Br)c1)C(=O)CCC. The lowest BCUT2D eigenvalue weighted by Gasteiger charge is -2.29. The Bertz CT molecular complexity index is 519. The molecule has 5 heteroatoms. The molecule has 0 aliphatic rings. The molecule has 0 bridgehead atoms. The van der Waals surface area contributed by atoms with Gasteiger partial charge in [-0.05, 0) is 37.5 Å². The molecule has 0 spiro atoms. The predicted molar refractivity (Wildman–Crippen MR) is 97.0 cm³/mol. The summed E-state index contributed by atoms with van der Waals surface area (Å²) in [4.78, 5) is 26.4. The van der Waals surface area contributed by atoms with Crippen LogP contribution in [0.25, 0.3) is 0 Å². The Labute approximate surface area is 147 Å². The van der Waals surface area contributed by atoms with E-state index < -0.39 is 6.04 Å². The van der Waals surface area contributed by atoms with Gasteiger partial charge in [0.05, 0.1) is 0 Å². The third-order valence-electron chi connectivity index (χ3n) is 3.70. The highest BCUT2D eigenvalue weighted by molar-refractivity contribution is 9.10. The fraction of sp³-hybridized carbons (Fsp3) is 0.556. The molecule has 1 N–H and O–H groups in total. The number of hydrogen-bond donors (Lipinski definition) is 1. The van der Waals surface area contributed by atoms with E-state index in [2.05, 4.69) is 28.2 Å². The first-order valence-corrected chi connectivity index (χ1v) is 9.10. The molecule has 0 aliphatic heterocycles. The van der Waals surface area contributed by atoms with E-state index >= 15 is 0 Å². The third-order valence-corrected chi connectivity index (χ3v) is 4.20. The molecular formula is C18H27BrN2O2. The van der Waals surface area contributed by atoms with Gasteiger partial charge in [-0.3, -0.25) is 9.59 Å². The molecular weight excluding hydrogens is 356 g/mol. The minimum Gasteiger partial charge on any atom is -0.354 e. The van der Waals surface area contributed by atoms with E-state index in [-0.39, 0.29) is 11.8 Å². The number of amides is 2. The maximum absolute atomic E-state index is 12.4. The van der Waals surface area contributed by atoms with E-state index in [4.69, 9.17) is 0 Å². The monoisotopic (exact) mass is 382 g/mol. The Hall–Kier alpha value is -1.36. The largest absolute Gasteiger partial charge is 0.354 e. The fourth-order valence-electron chi connectivity index (χ4n) is 2.31. The quantitative estimate of drug-likeness (QED) is 0.658. The van der Waals surface area contributed by atoms with E-state index in [1.807, 2.05) is 31.2 Å². The van der Waals surface area contributed by atoms with Gasteiger partial charge in [-0.2, -0.15) is 0 Å². The Morgan fingerprint density at radius 1 is 1.26 bits per heavy atom. The van der Waals surface area contributed by atoms with Crippen LogP contribution in [-0.2, 0) is 16.1 Å². The van der Waals surface area contributed by atoms with Crippen molar-refractivity contribution in [1.29, 1.82) is 0 Å². The van der Waals surface area contributed by atoms with E-state index in [1.54, 1.807) is 11.8 Å². The summed E-state index contributed by atoms with van der Waals surface area (Å²) < 4.78 is 0.970. The Morgan fingerprint density at radius 3 is 2.61 bits per heavy atom. The third kappa shape index (κ3) is 6.73. The van der Waals surface area contributed by atoms with Crippen molar-refractivity contribution in [1.82, 2.24) is 10.2 Å². The van der Waals surface area contributed by atoms with Crippen LogP contribution in [0.3, 0.4) is 0 Å². The summed E-state index contributed by atoms with van der Waals surface area (Å²) in [5.74, 6) is -0.0662. The number of nitrogens with one attached hydrogen (secondary N) is 1. The van der Waals surface area contributed by atoms with Gasteiger partial charge in [0.1, 0.15) is 6.04 Å². The first-order chi connectivity index (χ1) is 11.0. The molecule has 0 saturated heterocycles. The number of nitrogens with zero attached hydrogens (tertiary/aromatic N) is 1. The maximum Gasteiger partial charge on any atom is 0.242 e. The average Bonchev–Trinajstić information content (AvgIpc) is 2.52. The zero-order valence-corrected chi connectivity index (χ0v) is 15.9. The first-order valence-electron chi connectivity index (χ1n) is 8.31. The molecule has 1 aromatic carbocycles. The second-order valence-corrected chi connectivity index (χ2v) is 6.64. The molecule has 1 aromatic rings. The minimum absolute atomic E-state index is 0.0191. The van der Waals surface area contributed by atoms with Crippen molar-refractivity contribution >= 4 is 27.7 Å². The van der Waals surface area contributed by atoms with Gasteiger partial charge in [0.25, 0.3) is 0 Å². The summed E-state index contributed by atoms with van der Waals surface area (Å²) >= 11 is 3.45. The van der Waals surface area contributed by atoms with Crippen molar-refractivity contribution in [2.75, 3.05) is 6.54 Å². The van der Waals surface area contributed by atoms with Crippen molar-refractivity contribution in [3.63, 3.8) is 0 Å². The maximum atomic E-state index is 12.4. The predicted octanol–water partition coefficient (Wildman–Crippen LogP) is 3.88. The van der Waals surface area contributed by atoms with Crippen LogP contribution in [0.2, 0.25) is 0 Å². The normalized spacial score (nSPS) is 11.8. The lowest BCUT2D eigenvalue weighted by Crippen LogP contribution is -2.47. The van der Waals surface area contributed by atoms with E-state index in [0.29, 0.717) is 19.5 Å². The highest BCUT2D eigenvalue weighted by Crippen LogP contribution is 2.16. The van der Waals surface area contributed by atoms with Gasteiger partial charge in [-0.25, -0.2) is 0 Å². The molecule has 0 aliphatic carbocycles. The standard InChI is InChI=1S/C18H27BrN2O2/c1-4-6-11-20-18(23)14(3)21(17(22)8-5-2)13-15-9-7-10-16(19)12-15/h7,9-10,12,14H,4-6,8,11,13H2,1-3H3,(H,20,23). The number of rotatable bonds is 9. The first kappa shape index (κ1) is 19.7. The molecule has 0 radical (unpaired) electrons. The Morgan fingerprint density at radius 2 is 2.00 bits per heavy atom. The zero-order valence-electron chi connectivity index (χ0n) is 14.3. The summed E-state index contributed by atoms with van der Waals surface area (Å²) in [7, 11) is 0. The number of benzene rings is 1. The lowest BCUT2D eigenvalue weighted by molar-refractivity contribution is -0.140. The average molecular weight is 383 g/mol. The van der Waals surface area contributed by atoms with Gasteiger partial charge in [0.15, 0.2) is 0 Å². The van der Waals surface area contributed by atoms with Crippen LogP contribution in [0, 0.1) is 0 Å². The molecule has 4 nitrogen and oxygen atoms in total. The molecule has 0 saturated carbocycles. The van der Waals surface area contributed by atoms with Crippen molar-refractivity contribution in [3.8, 4) is 0 Å². The highest BCUT2D eigenvalue weighted by atomic mass is 79.9. The summed E-state index contributed by atoms with van der Waals surface area (Å²) in [6.45, 7) is 6.96. The molecule has 128 valence electrons. The Balaban J connectivity index is 2.82. The van der Waals surface area contributed by atoms with E-state index in [0.717, 1.165) is 29.3 Å².